The molecule has 0 bridgehead atoms. The Morgan fingerprint density at radius 2 is 2.21 bits per heavy atom. The Morgan fingerprint density at radius 1 is 1.43 bits per heavy atom. The van der Waals surface area contributed by atoms with Crippen LogP contribution in [0.5, 0.6) is 0 Å². The Kier molecular flexibility index (Phi) is 10.0. The normalized spacial score (nSPS) is 11.9. The van der Waals surface area contributed by atoms with Crippen LogP contribution in [0.3, 0.4) is 0 Å². The van der Waals surface area contributed by atoms with Gasteiger partial charge in [0.15, 0.2) is 0 Å². The predicted molar refractivity (Wildman–Crippen MR) is 55.0 cm³/mol. The highest BCUT2D eigenvalue weighted by atomic mass is 16.5. The van der Waals surface area contributed by atoms with E-state index in [0.717, 1.165) is 0 Å². The van der Waals surface area contributed by atoms with Crippen LogP contribution >= 0.6 is 0 Å². The van der Waals surface area contributed by atoms with E-state index in [2.05, 4.69) is 17.2 Å². The minimum Gasteiger partial charge on any atom is -0.389 e. The molecule has 2 N–H and O–H groups in total. The van der Waals surface area contributed by atoms with Crippen molar-refractivity contribution in [2.45, 2.75) is 13.0 Å². The van der Waals surface area contributed by atoms with Crippen molar-refractivity contribution in [1.29, 1.82) is 0 Å². The molecule has 4 nitrogen and oxygen atoms in total. The summed E-state index contributed by atoms with van der Waals surface area (Å²) in [6.45, 7) is 4.29. The minimum absolute atomic E-state index is 0.329. The first-order valence-corrected chi connectivity index (χ1v) is 4.66. The van der Waals surface area contributed by atoms with E-state index in [1.54, 1.807) is 14.0 Å². The predicted octanol–water partition coefficient (Wildman–Crippen LogP) is -0.377. The first-order valence-electron chi connectivity index (χ1n) is 4.66. The topological polar surface area (TPSA) is 50.7 Å². The summed E-state index contributed by atoms with van der Waals surface area (Å²) in [6, 6.07) is 0. The van der Waals surface area contributed by atoms with Crippen molar-refractivity contribution in [1.82, 2.24) is 5.32 Å². The molecule has 0 aromatic heterocycles. The highest BCUT2D eigenvalue weighted by Crippen LogP contribution is 1.83. The molecule has 0 rings (SSSR count). The molecular weight excluding hydrogens is 182 g/mol. The summed E-state index contributed by atoms with van der Waals surface area (Å²) in [4.78, 5) is 0. The molecule has 0 fully saturated rings. The molecule has 82 valence electrons. The fourth-order valence-electron chi connectivity index (χ4n) is 0.810. The lowest BCUT2D eigenvalue weighted by molar-refractivity contribution is 0.0142. The van der Waals surface area contributed by atoms with Crippen molar-refractivity contribution in [2.24, 2.45) is 0 Å². The Hall–Kier alpha value is -0.600. The Morgan fingerprint density at radius 3 is 2.86 bits per heavy atom. The van der Waals surface area contributed by atoms with Crippen molar-refractivity contribution < 1.29 is 14.6 Å². The van der Waals surface area contributed by atoms with Gasteiger partial charge in [-0.25, -0.2) is 0 Å². The maximum absolute atomic E-state index is 9.37. The molecule has 0 amide bonds. The number of ether oxygens (including phenoxy) is 2. The molecule has 0 aliphatic heterocycles. The SMILES string of the molecule is CC#CCNCC(O)COCCOC. The van der Waals surface area contributed by atoms with Crippen LogP contribution in [-0.2, 0) is 9.47 Å². The van der Waals surface area contributed by atoms with Gasteiger partial charge in [0.1, 0.15) is 0 Å². The quantitative estimate of drug-likeness (QED) is 0.415. The molecule has 4 heteroatoms. The van der Waals surface area contributed by atoms with Crippen molar-refractivity contribution in [3.05, 3.63) is 0 Å². The van der Waals surface area contributed by atoms with Gasteiger partial charge in [0, 0.05) is 13.7 Å². The van der Waals surface area contributed by atoms with Gasteiger partial charge >= 0.3 is 0 Å². The van der Waals surface area contributed by atoms with E-state index in [1.165, 1.54) is 0 Å². The largest absolute Gasteiger partial charge is 0.389 e. The third kappa shape index (κ3) is 9.49. The molecule has 0 heterocycles. The van der Waals surface area contributed by atoms with Crippen LogP contribution in [0.1, 0.15) is 6.92 Å². The average molecular weight is 201 g/mol. The number of methoxy groups -OCH3 is 1. The Bertz CT molecular complexity index is 174. The summed E-state index contributed by atoms with van der Waals surface area (Å²) in [5, 5.41) is 12.4. The summed E-state index contributed by atoms with van der Waals surface area (Å²) in [5.41, 5.74) is 0. The molecular formula is C10H19NO3. The van der Waals surface area contributed by atoms with Crippen LogP contribution in [0.15, 0.2) is 0 Å². The number of rotatable bonds is 8. The number of hydrogen-bond donors (Lipinski definition) is 2. The lowest BCUT2D eigenvalue weighted by Crippen LogP contribution is -2.31. The van der Waals surface area contributed by atoms with Gasteiger partial charge in [-0.15, -0.1) is 5.92 Å². The van der Waals surface area contributed by atoms with Crippen LogP contribution in [0.25, 0.3) is 0 Å². The molecule has 0 saturated heterocycles. The smallest absolute Gasteiger partial charge is 0.0898 e. The van der Waals surface area contributed by atoms with Gasteiger partial charge in [-0.1, -0.05) is 5.92 Å². The molecule has 0 saturated carbocycles. The standard InChI is InChI=1S/C10H19NO3/c1-3-4-5-11-8-10(12)9-14-7-6-13-2/h10-12H,5-9H2,1-2H3. The van der Waals surface area contributed by atoms with Crippen LogP contribution in [0.4, 0.5) is 0 Å². The maximum atomic E-state index is 9.37. The molecule has 0 aromatic carbocycles. The van der Waals surface area contributed by atoms with Crippen LogP contribution < -0.4 is 5.32 Å². The van der Waals surface area contributed by atoms with Gasteiger partial charge in [0.25, 0.3) is 0 Å². The van der Waals surface area contributed by atoms with Gasteiger partial charge in [-0.3, -0.25) is 0 Å². The molecule has 0 radical (unpaired) electrons. The van der Waals surface area contributed by atoms with Crippen molar-refractivity contribution in [3.63, 3.8) is 0 Å². The second kappa shape index (κ2) is 10.5. The lowest BCUT2D eigenvalue weighted by atomic mass is 10.4. The summed E-state index contributed by atoms with van der Waals surface area (Å²) >= 11 is 0. The zero-order valence-corrected chi connectivity index (χ0v) is 8.88. The van der Waals surface area contributed by atoms with E-state index < -0.39 is 6.10 Å². The van der Waals surface area contributed by atoms with Gasteiger partial charge in [-0.2, -0.15) is 0 Å². The zero-order chi connectivity index (χ0) is 10.6. The Balaban J connectivity index is 3.17. The molecule has 0 aliphatic carbocycles. The van der Waals surface area contributed by atoms with E-state index >= 15 is 0 Å². The second-order valence-corrected chi connectivity index (χ2v) is 2.78. The minimum atomic E-state index is -0.481. The lowest BCUT2D eigenvalue weighted by Gasteiger charge is -2.10. The first kappa shape index (κ1) is 13.4. The van der Waals surface area contributed by atoms with E-state index in [0.29, 0.717) is 32.9 Å². The average Bonchev–Trinajstić information content (AvgIpc) is 2.19. The fraction of sp³-hybridized carbons (Fsp3) is 0.800. The third-order valence-corrected chi connectivity index (χ3v) is 1.51. The maximum Gasteiger partial charge on any atom is 0.0898 e. The number of hydrogen-bond acceptors (Lipinski definition) is 4. The van der Waals surface area contributed by atoms with Gasteiger partial charge in [0.2, 0.25) is 0 Å². The molecule has 1 unspecified atom stereocenters. The summed E-state index contributed by atoms with van der Waals surface area (Å²) < 4.78 is 9.94. The van der Waals surface area contributed by atoms with Gasteiger partial charge in [0.05, 0.1) is 32.5 Å². The molecule has 1 atom stereocenters. The van der Waals surface area contributed by atoms with Crippen molar-refractivity contribution in [3.8, 4) is 11.8 Å². The van der Waals surface area contributed by atoms with Crippen LogP contribution in [0, 0.1) is 11.8 Å². The van der Waals surface area contributed by atoms with E-state index in [4.69, 9.17) is 9.47 Å². The highest BCUT2D eigenvalue weighted by molar-refractivity contribution is 4.96. The first-order chi connectivity index (χ1) is 6.81. The Labute approximate surface area is 85.6 Å². The van der Waals surface area contributed by atoms with Crippen LogP contribution in [0.2, 0.25) is 0 Å². The molecule has 0 spiro atoms. The number of nitrogens with one attached hydrogen (secondary N) is 1. The fourth-order valence-corrected chi connectivity index (χ4v) is 0.810. The summed E-state index contributed by atoms with van der Waals surface area (Å²) in [7, 11) is 1.62. The monoisotopic (exact) mass is 201 g/mol. The number of aliphatic hydroxyl groups excluding tert-OH is 1. The van der Waals surface area contributed by atoms with Gasteiger partial charge < -0.3 is 19.9 Å². The molecule has 0 aliphatic rings. The van der Waals surface area contributed by atoms with E-state index in [9.17, 15) is 5.11 Å². The number of aliphatic hydroxyl groups is 1. The highest BCUT2D eigenvalue weighted by Gasteiger charge is 2.02. The third-order valence-electron chi connectivity index (χ3n) is 1.51. The second-order valence-electron chi connectivity index (χ2n) is 2.78. The van der Waals surface area contributed by atoms with E-state index in [1.807, 2.05) is 0 Å². The van der Waals surface area contributed by atoms with Crippen molar-refractivity contribution >= 4 is 0 Å². The summed E-state index contributed by atoms with van der Waals surface area (Å²) in [5.74, 6) is 5.61. The zero-order valence-electron chi connectivity index (χ0n) is 8.88. The molecule has 14 heavy (non-hydrogen) atoms. The van der Waals surface area contributed by atoms with Crippen molar-refractivity contribution in [2.75, 3.05) is 40.0 Å². The molecule has 0 aromatic rings. The summed E-state index contributed by atoms with van der Waals surface area (Å²) in [6.07, 6.45) is -0.481. The van der Waals surface area contributed by atoms with Crippen LogP contribution in [-0.4, -0.2) is 51.2 Å². The van der Waals surface area contributed by atoms with Gasteiger partial charge in [-0.05, 0) is 6.92 Å². The van der Waals surface area contributed by atoms with E-state index in [-0.39, 0.29) is 0 Å².